The van der Waals surface area contributed by atoms with Crippen LogP contribution in [0.25, 0.3) is 0 Å². The van der Waals surface area contributed by atoms with E-state index in [9.17, 15) is 19.5 Å². The van der Waals surface area contributed by atoms with Crippen molar-refractivity contribution in [1.29, 1.82) is 0 Å². The summed E-state index contributed by atoms with van der Waals surface area (Å²) >= 11 is 12.2. The Bertz CT molecular complexity index is 2110. The molecule has 2 saturated carbocycles. The third-order valence-corrected chi connectivity index (χ3v) is 11.5. The van der Waals surface area contributed by atoms with Gasteiger partial charge in [0.25, 0.3) is 0 Å². The van der Waals surface area contributed by atoms with Gasteiger partial charge in [0.05, 0.1) is 24.8 Å². The fourth-order valence-corrected chi connectivity index (χ4v) is 8.47. The Hall–Kier alpha value is -5.31. The summed E-state index contributed by atoms with van der Waals surface area (Å²) in [4.78, 5) is 37.6. The lowest BCUT2D eigenvalue weighted by Gasteiger charge is -2.25. The van der Waals surface area contributed by atoms with E-state index in [1.807, 2.05) is 12.1 Å². The number of aromatic carboxylic acids is 1. The Morgan fingerprint density at radius 1 is 0.690 bits per heavy atom. The summed E-state index contributed by atoms with van der Waals surface area (Å²) in [6, 6.07) is 35.3. The number of carbonyl (C=O) groups is 3. The number of hydrogen-bond donors (Lipinski definition) is 3. The van der Waals surface area contributed by atoms with Gasteiger partial charge in [0.15, 0.2) is 0 Å². The lowest BCUT2D eigenvalue weighted by Crippen LogP contribution is -2.34. The SMILES string of the molecule is COC(=O)c1ccc(NCc2ccccc2C2CCCCC2)cc1.O=C(O)c1ccc(N(Cc2ccc(C3CCCCC3)cc2)C(=O)Nc2cc(Cl)cc(Cl)c2)cc1. The van der Waals surface area contributed by atoms with Crippen molar-refractivity contribution >= 4 is 58.2 Å². The molecule has 58 heavy (non-hydrogen) atoms. The van der Waals surface area contributed by atoms with Crippen molar-refractivity contribution in [2.75, 3.05) is 22.6 Å². The van der Waals surface area contributed by atoms with Gasteiger partial charge in [0.2, 0.25) is 0 Å². The number of halogens is 2. The van der Waals surface area contributed by atoms with Gasteiger partial charge < -0.3 is 20.5 Å². The van der Waals surface area contributed by atoms with Gasteiger partial charge in [-0.2, -0.15) is 0 Å². The monoisotopic (exact) mass is 819 g/mol. The van der Waals surface area contributed by atoms with Gasteiger partial charge in [-0.1, -0.05) is 110 Å². The molecular weight excluding hydrogens is 769 g/mol. The van der Waals surface area contributed by atoms with E-state index in [-0.39, 0.29) is 17.6 Å². The van der Waals surface area contributed by atoms with Crippen molar-refractivity contribution in [2.24, 2.45) is 0 Å². The summed E-state index contributed by atoms with van der Waals surface area (Å²) in [5.41, 5.74) is 7.99. The maximum absolute atomic E-state index is 13.3. The average molecular weight is 821 g/mol. The second kappa shape index (κ2) is 20.9. The molecule has 0 bridgehead atoms. The topological polar surface area (TPSA) is 108 Å². The molecule has 7 rings (SSSR count). The van der Waals surface area contributed by atoms with Crippen LogP contribution in [0.5, 0.6) is 0 Å². The molecule has 302 valence electrons. The maximum atomic E-state index is 13.3. The van der Waals surface area contributed by atoms with Crippen molar-refractivity contribution in [2.45, 2.75) is 89.1 Å². The normalized spacial score (nSPS) is 14.4. The van der Waals surface area contributed by atoms with Crippen molar-refractivity contribution < 1.29 is 24.2 Å². The number of ether oxygens (including phenoxy) is 1. The molecule has 0 aromatic heterocycles. The predicted molar refractivity (Wildman–Crippen MR) is 235 cm³/mol. The first-order valence-electron chi connectivity index (χ1n) is 20.1. The van der Waals surface area contributed by atoms with Crippen LogP contribution in [0.2, 0.25) is 10.0 Å². The van der Waals surface area contributed by atoms with E-state index in [4.69, 9.17) is 27.9 Å². The third kappa shape index (κ3) is 11.9. The molecule has 3 N–H and O–H groups in total. The minimum Gasteiger partial charge on any atom is -0.478 e. The molecule has 0 atom stereocenters. The highest BCUT2D eigenvalue weighted by Gasteiger charge is 2.20. The van der Waals surface area contributed by atoms with Gasteiger partial charge in [-0.25, -0.2) is 14.4 Å². The van der Waals surface area contributed by atoms with E-state index >= 15 is 0 Å². The zero-order valence-corrected chi connectivity index (χ0v) is 34.4. The largest absolute Gasteiger partial charge is 0.478 e. The van der Waals surface area contributed by atoms with Crippen molar-refractivity contribution in [3.63, 3.8) is 0 Å². The molecule has 0 aliphatic heterocycles. The number of nitrogens with zero attached hydrogens (tertiary/aromatic N) is 1. The standard InChI is InChI=1S/C27H26Cl2N2O3.C21H25NO2/c28-22-14-23(29)16-24(15-22)30-27(34)31(25-12-10-21(11-13-25)26(32)33)17-18-6-8-20(9-7-18)19-4-2-1-3-5-19;1-24-21(23)17-11-13-19(14-12-17)22-15-18-9-5-6-10-20(18)16-7-3-2-4-8-16/h6-16,19H,1-5,17H2,(H,30,34)(H,32,33);5-6,9-14,16,22H,2-4,7-8,15H2,1H3. The Morgan fingerprint density at radius 3 is 1.88 bits per heavy atom. The summed E-state index contributed by atoms with van der Waals surface area (Å²) < 4.78 is 4.73. The zero-order chi connectivity index (χ0) is 40.9. The van der Waals surface area contributed by atoms with Crippen molar-refractivity contribution in [1.82, 2.24) is 0 Å². The second-order valence-corrected chi connectivity index (χ2v) is 15.9. The molecular formula is C48H51Cl2N3O5. The smallest absolute Gasteiger partial charge is 0.337 e. The van der Waals surface area contributed by atoms with Crippen molar-refractivity contribution in [3.05, 3.63) is 159 Å². The number of esters is 1. The van der Waals surface area contributed by atoms with Gasteiger partial charge in [0.1, 0.15) is 0 Å². The van der Waals surface area contributed by atoms with Gasteiger partial charge >= 0.3 is 18.0 Å². The minimum atomic E-state index is -1.02. The van der Waals surface area contributed by atoms with Crippen LogP contribution in [-0.2, 0) is 17.8 Å². The quantitative estimate of drug-likeness (QED) is 0.115. The highest BCUT2D eigenvalue weighted by molar-refractivity contribution is 6.35. The molecule has 5 aromatic rings. The van der Waals surface area contributed by atoms with Gasteiger partial charge in [-0.3, -0.25) is 4.90 Å². The number of rotatable bonds is 11. The van der Waals surface area contributed by atoms with Gasteiger partial charge in [-0.15, -0.1) is 0 Å². The lowest BCUT2D eigenvalue weighted by molar-refractivity contribution is 0.0599. The Labute approximate surface area is 351 Å². The number of methoxy groups -OCH3 is 1. The van der Waals surface area contributed by atoms with Crippen LogP contribution in [0, 0.1) is 0 Å². The predicted octanol–water partition coefficient (Wildman–Crippen LogP) is 13.1. The number of carboxylic acids is 1. The van der Waals surface area contributed by atoms with Crippen molar-refractivity contribution in [3.8, 4) is 0 Å². The van der Waals surface area contributed by atoms with Crippen LogP contribution in [0.3, 0.4) is 0 Å². The molecule has 5 aromatic carbocycles. The molecule has 0 heterocycles. The highest BCUT2D eigenvalue weighted by atomic mass is 35.5. The molecule has 2 aliphatic rings. The van der Waals surface area contributed by atoms with E-state index in [0.717, 1.165) is 17.8 Å². The van der Waals surface area contributed by atoms with Crippen LogP contribution in [0.1, 0.15) is 119 Å². The number of benzene rings is 5. The Kier molecular flexibility index (Phi) is 15.3. The van der Waals surface area contributed by atoms with Crippen LogP contribution in [0.15, 0.2) is 115 Å². The van der Waals surface area contributed by atoms with Gasteiger partial charge in [0, 0.05) is 33.7 Å². The first-order valence-corrected chi connectivity index (χ1v) is 20.9. The molecule has 8 nitrogen and oxygen atoms in total. The molecule has 2 aliphatic carbocycles. The van der Waals surface area contributed by atoms with E-state index in [1.165, 1.54) is 100 Å². The first-order chi connectivity index (χ1) is 28.2. The molecule has 0 saturated heterocycles. The highest BCUT2D eigenvalue weighted by Crippen LogP contribution is 2.35. The van der Waals surface area contributed by atoms with Crippen LogP contribution in [-0.4, -0.2) is 30.2 Å². The number of nitrogens with one attached hydrogen (secondary N) is 2. The molecule has 2 amide bonds. The summed E-state index contributed by atoms with van der Waals surface area (Å²) in [6.07, 6.45) is 13.0. The number of carbonyl (C=O) groups excluding carboxylic acids is 2. The summed E-state index contributed by atoms with van der Waals surface area (Å²) in [6.45, 7) is 1.13. The van der Waals surface area contributed by atoms with E-state index < -0.39 is 5.97 Å². The third-order valence-electron chi connectivity index (χ3n) is 11.1. The number of amides is 2. The van der Waals surface area contributed by atoms with Gasteiger partial charge in [-0.05, 0) is 127 Å². The van der Waals surface area contributed by atoms with E-state index in [0.29, 0.717) is 45.4 Å². The number of carboxylic acid groups (broad SMARTS) is 1. The summed E-state index contributed by atoms with van der Waals surface area (Å²) in [5, 5.41) is 16.4. The molecule has 10 heteroatoms. The minimum absolute atomic E-state index is 0.155. The number of anilines is 3. The summed E-state index contributed by atoms with van der Waals surface area (Å²) in [7, 11) is 1.40. The molecule has 2 fully saturated rings. The first kappa shape index (κ1) is 42.3. The van der Waals surface area contributed by atoms with E-state index in [1.54, 1.807) is 47.4 Å². The fraction of sp³-hybridized carbons (Fsp3) is 0.312. The number of urea groups is 1. The Balaban J connectivity index is 0.000000208. The molecule has 0 unspecified atom stereocenters. The van der Waals surface area contributed by atoms with Crippen LogP contribution < -0.4 is 15.5 Å². The fourth-order valence-electron chi connectivity index (χ4n) is 7.94. The maximum Gasteiger partial charge on any atom is 0.337 e. The van der Waals surface area contributed by atoms with Crippen LogP contribution >= 0.6 is 23.2 Å². The zero-order valence-electron chi connectivity index (χ0n) is 32.9. The molecule has 0 spiro atoms. The lowest BCUT2D eigenvalue weighted by atomic mass is 9.82. The Morgan fingerprint density at radius 2 is 1.28 bits per heavy atom. The average Bonchev–Trinajstić information content (AvgIpc) is 3.25. The number of hydrogen-bond acceptors (Lipinski definition) is 5. The summed E-state index contributed by atoms with van der Waals surface area (Å²) in [5.74, 6) is -0.00425. The van der Waals surface area contributed by atoms with Crippen LogP contribution in [0.4, 0.5) is 21.9 Å². The van der Waals surface area contributed by atoms with E-state index in [2.05, 4.69) is 59.2 Å². The second-order valence-electron chi connectivity index (χ2n) is 15.1. The molecule has 0 radical (unpaired) electrons.